The molecule has 0 aliphatic carbocycles. The van der Waals surface area contributed by atoms with E-state index >= 15 is 0 Å². The van der Waals surface area contributed by atoms with Crippen molar-refractivity contribution in [1.29, 1.82) is 0 Å². The van der Waals surface area contributed by atoms with E-state index in [4.69, 9.17) is 4.42 Å². The molecule has 0 amide bonds. The summed E-state index contributed by atoms with van der Waals surface area (Å²) in [6.07, 6.45) is 1.34. The van der Waals surface area contributed by atoms with Gasteiger partial charge in [0.25, 0.3) is 0 Å². The highest BCUT2D eigenvalue weighted by molar-refractivity contribution is 9.10. The topological polar surface area (TPSA) is 51.0 Å². The lowest BCUT2D eigenvalue weighted by Crippen LogP contribution is -2.01. The van der Waals surface area contributed by atoms with Crippen LogP contribution < -0.4 is 5.32 Å². The Hall–Kier alpha value is -2.14. The quantitative estimate of drug-likeness (QED) is 0.761. The van der Waals surface area contributed by atoms with Gasteiger partial charge in [-0.3, -0.25) is 0 Å². The third kappa shape index (κ3) is 3.31. The first-order valence-electron chi connectivity index (χ1n) is 6.58. The molecular weight excluding hydrogens is 330 g/mol. The average Bonchev–Trinajstić information content (AvgIpc) is 3.01. The Labute approximate surface area is 131 Å². The van der Waals surface area contributed by atoms with Crippen LogP contribution in [-0.2, 0) is 6.54 Å². The summed E-state index contributed by atoms with van der Waals surface area (Å²) in [7, 11) is 0. The molecule has 0 saturated carbocycles. The molecule has 4 nitrogen and oxygen atoms in total. The Balaban J connectivity index is 1.80. The van der Waals surface area contributed by atoms with Crippen LogP contribution in [0.15, 0.2) is 57.7 Å². The third-order valence-corrected chi connectivity index (χ3v) is 3.71. The first-order valence-corrected chi connectivity index (χ1v) is 7.37. The Morgan fingerprint density at radius 3 is 2.86 bits per heavy atom. The minimum absolute atomic E-state index is 0.528. The molecule has 0 radical (unpaired) electrons. The molecule has 1 heterocycles. The number of aryl methyl sites for hydroxylation is 1. The fourth-order valence-corrected chi connectivity index (χ4v) is 2.54. The molecule has 3 rings (SSSR count). The molecule has 0 aliphatic heterocycles. The number of hydrogen-bond acceptors (Lipinski definition) is 4. The van der Waals surface area contributed by atoms with Crippen molar-refractivity contribution in [2.75, 3.05) is 5.32 Å². The second kappa shape index (κ2) is 6.10. The van der Waals surface area contributed by atoms with Gasteiger partial charge in [-0.05, 0) is 42.3 Å². The van der Waals surface area contributed by atoms with Crippen molar-refractivity contribution in [2.24, 2.45) is 0 Å². The van der Waals surface area contributed by atoms with Gasteiger partial charge in [-0.25, -0.2) is 0 Å². The minimum atomic E-state index is 0.528. The smallest absolute Gasteiger partial charge is 0.247 e. The molecule has 0 aliphatic rings. The van der Waals surface area contributed by atoms with Gasteiger partial charge >= 0.3 is 0 Å². The van der Waals surface area contributed by atoms with Crippen LogP contribution in [0.3, 0.4) is 0 Å². The zero-order valence-corrected chi connectivity index (χ0v) is 13.1. The average molecular weight is 344 g/mol. The maximum Gasteiger partial charge on any atom is 0.247 e. The molecule has 5 heteroatoms. The van der Waals surface area contributed by atoms with Crippen molar-refractivity contribution in [3.05, 3.63) is 64.5 Å². The highest BCUT2D eigenvalue weighted by Crippen LogP contribution is 2.24. The summed E-state index contributed by atoms with van der Waals surface area (Å²) in [5, 5.41) is 11.1. The summed E-state index contributed by atoms with van der Waals surface area (Å²) in [5.74, 6) is 0.528. The standard InChI is InChI=1S/C16H14BrN3O/c1-11-5-6-13(16-20-19-10-21-16)8-15(11)18-9-12-3-2-4-14(17)7-12/h2-8,10,18H,9H2,1H3. The molecule has 1 aromatic heterocycles. The van der Waals surface area contributed by atoms with Gasteiger partial charge in [-0.2, -0.15) is 0 Å². The van der Waals surface area contributed by atoms with E-state index in [-0.39, 0.29) is 0 Å². The molecule has 0 bridgehead atoms. The van der Waals surface area contributed by atoms with Gasteiger partial charge in [0.1, 0.15) is 0 Å². The maximum absolute atomic E-state index is 5.24. The molecule has 0 fully saturated rings. The Kier molecular flexibility index (Phi) is 4.01. The van der Waals surface area contributed by atoms with Crippen LogP contribution in [0.5, 0.6) is 0 Å². The van der Waals surface area contributed by atoms with E-state index in [1.165, 1.54) is 17.5 Å². The van der Waals surface area contributed by atoms with Crippen molar-refractivity contribution in [1.82, 2.24) is 10.2 Å². The SMILES string of the molecule is Cc1ccc(-c2nnco2)cc1NCc1cccc(Br)c1. The number of anilines is 1. The summed E-state index contributed by atoms with van der Waals surface area (Å²) in [6, 6.07) is 14.3. The third-order valence-electron chi connectivity index (χ3n) is 3.22. The van der Waals surface area contributed by atoms with E-state index in [1.54, 1.807) is 0 Å². The van der Waals surface area contributed by atoms with Gasteiger partial charge in [0, 0.05) is 22.3 Å². The monoisotopic (exact) mass is 343 g/mol. The van der Waals surface area contributed by atoms with Gasteiger partial charge in [0.05, 0.1) is 0 Å². The second-order valence-electron chi connectivity index (χ2n) is 4.76. The van der Waals surface area contributed by atoms with Crippen LogP contribution in [0.1, 0.15) is 11.1 Å². The van der Waals surface area contributed by atoms with Crippen molar-refractivity contribution < 1.29 is 4.42 Å². The van der Waals surface area contributed by atoms with Crippen LogP contribution in [-0.4, -0.2) is 10.2 Å². The number of hydrogen-bond donors (Lipinski definition) is 1. The van der Waals surface area contributed by atoms with Crippen molar-refractivity contribution in [3.8, 4) is 11.5 Å². The predicted octanol–water partition coefficient (Wildman–Crippen LogP) is 4.42. The van der Waals surface area contributed by atoms with Gasteiger partial charge in [0.15, 0.2) is 0 Å². The number of aromatic nitrogens is 2. The molecule has 3 aromatic rings. The second-order valence-corrected chi connectivity index (χ2v) is 5.67. The summed E-state index contributed by atoms with van der Waals surface area (Å²) < 4.78 is 6.32. The molecule has 106 valence electrons. The first-order chi connectivity index (χ1) is 10.2. The number of nitrogens with zero attached hydrogens (tertiary/aromatic N) is 2. The van der Waals surface area contributed by atoms with Crippen LogP contribution in [0.4, 0.5) is 5.69 Å². The molecule has 0 unspecified atom stereocenters. The largest absolute Gasteiger partial charge is 0.423 e. The molecule has 0 spiro atoms. The van der Waals surface area contributed by atoms with Crippen LogP contribution in [0, 0.1) is 6.92 Å². The summed E-state index contributed by atoms with van der Waals surface area (Å²) in [5.41, 5.74) is 4.36. The highest BCUT2D eigenvalue weighted by atomic mass is 79.9. The lowest BCUT2D eigenvalue weighted by molar-refractivity contribution is 0.568. The van der Waals surface area contributed by atoms with E-state index in [0.717, 1.165) is 22.3 Å². The molecule has 2 aromatic carbocycles. The number of nitrogens with one attached hydrogen (secondary N) is 1. The van der Waals surface area contributed by atoms with Gasteiger partial charge in [0.2, 0.25) is 12.3 Å². The molecule has 21 heavy (non-hydrogen) atoms. The predicted molar refractivity (Wildman–Crippen MR) is 85.9 cm³/mol. The fourth-order valence-electron chi connectivity index (χ4n) is 2.09. The van der Waals surface area contributed by atoms with Gasteiger partial charge in [-0.15, -0.1) is 10.2 Å². The van der Waals surface area contributed by atoms with Gasteiger partial charge < -0.3 is 9.73 Å². The highest BCUT2D eigenvalue weighted by Gasteiger charge is 2.06. The fraction of sp³-hybridized carbons (Fsp3) is 0.125. The summed E-state index contributed by atoms with van der Waals surface area (Å²) in [4.78, 5) is 0. The summed E-state index contributed by atoms with van der Waals surface area (Å²) in [6.45, 7) is 2.83. The van der Waals surface area contributed by atoms with E-state index in [9.17, 15) is 0 Å². The Morgan fingerprint density at radius 2 is 2.10 bits per heavy atom. The van der Waals surface area contributed by atoms with Gasteiger partial charge in [-0.1, -0.05) is 34.1 Å². The van der Waals surface area contributed by atoms with Crippen LogP contribution in [0.2, 0.25) is 0 Å². The van der Waals surface area contributed by atoms with E-state index in [0.29, 0.717) is 5.89 Å². The number of rotatable bonds is 4. The van der Waals surface area contributed by atoms with Crippen molar-refractivity contribution in [2.45, 2.75) is 13.5 Å². The molecule has 0 atom stereocenters. The van der Waals surface area contributed by atoms with E-state index < -0.39 is 0 Å². The molecule has 1 N–H and O–H groups in total. The lowest BCUT2D eigenvalue weighted by Gasteiger charge is -2.11. The normalized spacial score (nSPS) is 10.6. The van der Waals surface area contributed by atoms with Crippen LogP contribution >= 0.6 is 15.9 Å². The van der Waals surface area contributed by atoms with Crippen molar-refractivity contribution in [3.63, 3.8) is 0 Å². The first kappa shape index (κ1) is 13.8. The zero-order valence-electron chi connectivity index (χ0n) is 11.5. The minimum Gasteiger partial charge on any atom is -0.423 e. The van der Waals surface area contributed by atoms with E-state index in [2.05, 4.69) is 50.5 Å². The van der Waals surface area contributed by atoms with Crippen LogP contribution in [0.25, 0.3) is 11.5 Å². The Morgan fingerprint density at radius 1 is 1.19 bits per heavy atom. The van der Waals surface area contributed by atoms with E-state index in [1.807, 2.05) is 30.3 Å². The Bertz CT molecular complexity index is 741. The number of benzene rings is 2. The lowest BCUT2D eigenvalue weighted by atomic mass is 10.1. The summed E-state index contributed by atoms with van der Waals surface area (Å²) >= 11 is 3.49. The zero-order chi connectivity index (χ0) is 14.7. The maximum atomic E-state index is 5.24. The molecule has 0 saturated heterocycles. The number of halogens is 1. The molecular formula is C16H14BrN3O. The van der Waals surface area contributed by atoms with Crippen molar-refractivity contribution >= 4 is 21.6 Å².